The number of nitrogens with zero attached hydrogens (tertiary/aromatic N) is 1. The molecule has 0 atom stereocenters. The first-order chi connectivity index (χ1) is 3.33. The van der Waals surface area contributed by atoms with Crippen molar-refractivity contribution in [2.24, 2.45) is 0 Å². The molecular formula is C5H10NO. The van der Waals surface area contributed by atoms with Gasteiger partial charge < -0.3 is 5.11 Å². The van der Waals surface area contributed by atoms with Gasteiger partial charge in [-0.3, -0.25) is 4.90 Å². The Hall–Kier alpha value is -0.0800. The van der Waals surface area contributed by atoms with E-state index < -0.39 is 0 Å². The highest BCUT2D eigenvalue weighted by Crippen LogP contribution is 2.07. The monoisotopic (exact) mass is 100 g/mol. The largest absolute Gasteiger partial charge is 0.390 e. The second-order valence-corrected chi connectivity index (χ2v) is 1.87. The van der Waals surface area contributed by atoms with E-state index in [1.807, 2.05) is 13.5 Å². The van der Waals surface area contributed by atoms with Crippen LogP contribution < -0.4 is 0 Å². The Morgan fingerprint density at radius 1 is 1.71 bits per heavy atom. The normalized spacial score (nSPS) is 24.9. The molecule has 0 spiro atoms. The van der Waals surface area contributed by atoms with Crippen LogP contribution in [0.1, 0.15) is 6.92 Å². The standard InChI is InChI=1S/C5H10NO/c1-2-6-3-5(7)4-6/h2,5,7H,3-4H2,1H3. The SMILES string of the molecule is C[CH]N1CC(O)C1. The zero-order valence-electron chi connectivity index (χ0n) is 4.46. The van der Waals surface area contributed by atoms with Gasteiger partial charge in [-0.25, -0.2) is 0 Å². The Balaban J connectivity index is 2.06. The molecular weight excluding hydrogens is 90.1 g/mol. The maximum atomic E-state index is 8.69. The highest BCUT2D eigenvalue weighted by atomic mass is 16.3. The number of aliphatic hydroxyl groups is 1. The molecule has 1 N–H and O–H groups in total. The molecule has 1 aliphatic heterocycles. The molecule has 0 aromatic rings. The molecule has 0 aliphatic carbocycles. The predicted octanol–water partition coefficient (Wildman–Crippen LogP) is -0.155. The van der Waals surface area contributed by atoms with Crippen LogP contribution in [0, 0.1) is 6.54 Å². The highest BCUT2D eigenvalue weighted by Gasteiger charge is 2.21. The van der Waals surface area contributed by atoms with Crippen LogP contribution in [0.25, 0.3) is 0 Å². The predicted molar refractivity (Wildman–Crippen MR) is 27.6 cm³/mol. The molecule has 1 fully saturated rings. The third-order valence-corrected chi connectivity index (χ3v) is 1.26. The van der Waals surface area contributed by atoms with Crippen molar-refractivity contribution in [1.82, 2.24) is 4.90 Å². The van der Waals surface area contributed by atoms with Crippen LogP contribution in [-0.2, 0) is 0 Å². The summed E-state index contributed by atoms with van der Waals surface area (Å²) in [5, 5.41) is 8.69. The van der Waals surface area contributed by atoms with Crippen LogP contribution in [0.3, 0.4) is 0 Å². The lowest BCUT2D eigenvalue weighted by Gasteiger charge is -2.34. The lowest BCUT2D eigenvalue weighted by Crippen LogP contribution is -2.48. The van der Waals surface area contributed by atoms with Gasteiger partial charge in [0.05, 0.1) is 6.10 Å². The summed E-state index contributed by atoms with van der Waals surface area (Å²) in [6.07, 6.45) is -0.0591. The van der Waals surface area contributed by atoms with E-state index >= 15 is 0 Å². The maximum Gasteiger partial charge on any atom is 0.0794 e. The molecule has 7 heavy (non-hydrogen) atoms. The van der Waals surface area contributed by atoms with E-state index in [0.29, 0.717) is 0 Å². The molecule has 0 aromatic carbocycles. The van der Waals surface area contributed by atoms with Gasteiger partial charge in [0.2, 0.25) is 0 Å². The van der Waals surface area contributed by atoms with Gasteiger partial charge in [0.25, 0.3) is 0 Å². The molecule has 1 heterocycles. The maximum absolute atomic E-state index is 8.69. The van der Waals surface area contributed by atoms with Crippen molar-refractivity contribution in [1.29, 1.82) is 0 Å². The van der Waals surface area contributed by atoms with E-state index in [1.165, 1.54) is 0 Å². The van der Waals surface area contributed by atoms with Crippen molar-refractivity contribution >= 4 is 0 Å². The van der Waals surface area contributed by atoms with Crippen LogP contribution in [0.4, 0.5) is 0 Å². The van der Waals surface area contributed by atoms with Gasteiger partial charge in [-0.1, -0.05) is 0 Å². The first-order valence-electron chi connectivity index (χ1n) is 2.54. The van der Waals surface area contributed by atoms with E-state index in [1.54, 1.807) is 0 Å². The van der Waals surface area contributed by atoms with Crippen LogP contribution in [0.2, 0.25) is 0 Å². The van der Waals surface area contributed by atoms with Crippen molar-refractivity contribution in [3.63, 3.8) is 0 Å². The van der Waals surface area contributed by atoms with Crippen LogP contribution in [0.15, 0.2) is 0 Å². The molecule has 1 rings (SSSR count). The lowest BCUT2D eigenvalue weighted by atomic mass is 10.2. The summed E-state index contributed by atoms with van der Waals surface area (Å²) in [5.41, 5.74) is 0. The molecule has 0 saturated carbocycles. The summed E-state index contributed by atoms with van der Waals surface area (Å²) in [6, 6.07) is 0. The van der Waals surface area contributed by atoms with E-state index in [0.717, 1.165) is 13.1 Å². The minimum atomic E-state index is -0.0591. The second-order valence-electron chi connectivity index (χ2n) is 1.87. The molecule has 1 aliphatic rings. The summed E-state index contributed by atoms with van der Waals surface area (Å²) in [7, 11) is 0. The summed E-state index contributed by atoms with van der Waals surface area (Å²) in [5.74, 6) is 0. The smallest absolute Gasteiger partial charge is 0.0794 e. The molecule has 0 amide bonds. The van der Waals surface area contributed by atoms with E-state index in [9.17, 15) is 0 Å². The van der Waals surface area contributed by atoms with Gasteiger partial charge in [0.15, 0.2) is 0 Å². The molecule has 1 radical (unpaired) electrons. The van der Waals surface area contributed by atoms with Crippen molar-refractivity contribution < 1.29 is 5.11 Å². The summed E-state index contributed by atoms with van der Waals surface area (Å²) < 4.78 is 0. The van der Waals surface area contributed by atoms with Crippen LogP contribution in [0.5, 0.6) is 0 Å². The summed E-state index contributed by atoms with van der Waals surface area (Å²) in [4.78, 5) is 2.07. The van der Waals surface area contributed by atoms with Gasteiger partial charge in [-0.2, -0.15) is 0 Å². The van der Waals surface area contributed by atoms with Crippen molar-refractivity contribution in [2.75, 3.05) is 13.1 Å². The molecule has 2 heteroatoms. The third kappa shape index (κ3) is 0.924. The Morgan fingerprint density at radius 3 is 2.43 bits per heavy atom. The second kappa shape index (κ2) is 1.80. The van der Waals surface area contributed by atoms with Gasteiger partial charge in [0.1, 0.15) is 0 Å². The van der Waals surface area contributed by atoms with Crippen molar-refractivity contribution in [3.05, 3.63) is 6.54 Å². The molecule has 2 nitrogen and oxygen atoms in total. The topological polar surface area (TPSA) is 23.5 Å². The first-order valence-corrected chi connectivity index (χ1v) is 2.54. The Morgan fingerprint density at radius 2 is 2.29 bits per heavy atom. The minimum absolute atomic E-state index is 0.0591. The third-order valence-electron chi connectivity index (χ3n) is 1.26. The fourth-order valence-corrected chi connectivity index (χ4v) is 0.699. The number of hydrogen-bond donors (Lipinski definition) is 1. The van der Waals surface area contributed by atoms with Crippen LogP contribution >= 0.6 is 0 Å². The van der Waals surface area contributed by atoms with Gasteiger partial charge in [0, 0.05) is 19.6 Å². The van der Waals surface area contributed by atoms with Gasteiger partial charge in [-0.15, -0.1) is 0 Å². The van der Waals surface area contributed by atoms with E-state index in [-0.39, 0.29) is 6.10 Å². The Kier molecular flexibility index (Phi) is 1.30. The number of β-amino-alcohol motifs (C(OH)–C–C–N with tert-alkyl or cyclic N) is 1. The van der Waals surface area contributed by atoms with Gasteiger partial charge in [-0.05, 0) is 6.92 Å². The Labute approximate surface area is 43.7 Å². The number of likely N-dealkylation sites (tertiary alicyclic amines) is 1. The summed E-state index contributed by atoms with van der Waals surface area (Å²) in [6.45, 7) is 5.63. The Bertz CT molecular complexity index is 59.1. The molecule has 0 aromatic heterocycles. The number of rotatable bonds is 1. The number of aliphatic hydroxyl groups excluding tert-OH is 1. The molecule has 1 saturated heterocycles. The van der Waals surface area contributed by atoms with Crippen LogP contribution in [-0.4, -0.2) is 29.2 Å². The molecule has 41 valence electrons. The summed E-state index contributed by atoms with van der Waals surface area (Å²) >= 11 is 0. The number of hydrogen-bond acceptors (Lipinski definition) is 2. The van der Waals surface area contributed by atoms with E-state index in [2.05, 4.69) is 4.90 Å². The van der Waals surface area contributed by atoms with Gasteiger partial charge >= 0.3 is 0 Å². The van der Waals surface area contributed by atoms with Crippen molar-refractivity contribution in [2.45, 2.75) is 13.0 Å². The zero-order valence-corrected chi connectivity index (χ0v) is 4.46. The fourth-order valence-electron chi connectivity index (χ4n) is 0.699. The lowest BCUT2D eigenvalue weighted by molar-refractivity contribution is 0.0220. The average molecular weight is 100 g/mol. The quantitative estimate of drug-likeness (QED) is 0.495. The van der Waals surface area contributed by atoms with Crippen molar-refractivity contribution in [3.8, 4) is 0 Å². The highest BCUT2D eigenvalue weighted by molar-refractivity contribution is 4.81. The minimum Gasteiger partial charge on any atom is -0.390 e. The fraction of sp³-hybridized carbons (Fsp3) is 0.800. The first kappa shape index (κ1) is 5.06. The molecule has 0 unspecified atom stereocenters. The molecule has 0 bridgehead atoms. The zero-order chi connectivity index (χ0) is 5.28. The van der Waals surface area contributed by atoms with E-state index in [4.69, 9.17) is 5.11 Å². The average Bonchev–Trinajstić information content (AvgIpc) is 1.58.